The fourth-order valence-electron chi connectivity index (χ4n) is 5.51. The maximum absolute atomic E-state index is 12.4. The Hall–Kier alpha value is -3.71. The summed E-state index contributed by atoms with van der Waals surface area (Å²) in [5, 5.41) is 3.97. The first-order valence-electron chi connectivity index (χ1n) is 13.8. The summed E-state index contributed by atoms with van der Waals surface area (Å²) in [4.78, 5) is 21.2. The number of benzene rings is 1. The van der Waals surface area contributed by atoms with Crippen LogP contribution >= 0.6 is 0 Å². The van der Waals surface area contributed by atoms with Crippen molar-refractivity contribution in [1.82, 2.24) is 29.5 Å². The summed E-state index contributed by atoms with van der Waals surface area (Å²) >= 11 is 0. The van der Waals surface area contributed by atoms with E-state index in [9.17, 15) is 8.42 Å². The summed E-state index contributed by atoms with van der Waals surface area (Å²) < 4.78 is 31.7. The summed E-state index contributed by atoms with van der Waals surface area (Å²) in [6.07, 6.45) is 3.80. The zero-order chi connectivity index (χ0) is 27.9. The van der Waals surface area contributed by atoms with E-state index >= 15 is 0 Å². The number of nitrogen functional groups attached to an aromatic ring is 1. The van der Waals surface area contributed by atoms with Crippen LogP contribution in [0.1, 0.15) is 26.7 Å². The van der Waals surface area contributed by atoms with Crippen LogP contribution in [0.25, 0.3) is 17.4 Å². The fraction of sp³-hybridized carbons (Fsp3) is 0.481. The molecule has 1 atom stereocenters. The van der Waals surface area contributed by atoms with Crippen LogP contribution in [-0.4, -0.2) is 88.9 Å². The Labute approximate surface area is 233 Å². The maximum atomic E-state index is 12.4. The molecule has 13 heteroatoms. The van der Waals surface area contributed by atoms with E-state index in [1.807, 2.05) is 12.1 Å². The lowest BCUT2D eigenvalue weighted by atomic mass is 9.97. The lowest BCUT2D eigenvalue weighted by molar-refractivity contribution is 0.205. The molecule has 2 N–H and O–H groups in total. The van der Waals surface area contributed by atoms with Gasteiger partial charge in [-0.2, -0.15) is 19.5 Å². The number of hydrogen-bond acceptors (Lipinski definition) is 11. The minimum absolute atomic E-state index is 0.249. The average molecular weight is 566 g/mol. The van der Waals surface area contributed by atoms with Gasteiger partial charge >= 0.3 is 0 Å². The van der Waals surface area contributed by atoms with Crippen LogP contribution in [0.4, 0.5) is 17.6 Å². The second kappa shape index (κ2) is 10.7. The fourth-order valence-corrected chi connectivity index (χ4v) is 6.57. The number of furan rings is 1. The summed E-state index contributed by atoms with van der Waals surface area (Å²) in [5.74, 6) is 2.72. The van der Waals surface area contributed by atoms with E-state index in [4.69, 9.17) is 10.2 Å². The van der Waals surface area contributed by atoms with Gasteiger partial charge in [-0.1, -0.05) is 0 Å². The molecule has 4 aromatic rings. The minimum atomic E-state index is -3.25. The van der Waals surface area contributed by atoms with Crippen LogP contribution < -0.4 is 15.5 Å². The number of sulfone groups is 1. The second-order valence-corrected chi connectivity index (χ2v) is 13.3. The van der Waals surface area contributed by atoms with E-state index in [0.717, 1.165) is 64.3 Å². The van der Waals surface area contributed by atoms with E-state index in [-0.39, 0.29) is 5.95 Å². The van der Waals surface area contributed by atoms with Gasteiger partial charge in [0, 0.05) is 51.5 Å². The van der Waals surface area contributed by atoms with E-state index in [1.54, 1.807) is 44.4 Å². The summed E-state index contributed by atoms with van der Waals surface area (Å²) in [5.41, 5.74) is 7.30. The molecule has 6 rings (SSSR count). The average Bonchev–Trinajstić information content (AvgIpc) is 3.64. The first kappa shape index (κ1) is 26.5. The first-order valence-corrected chi connectivity index (χ1v) is 15.3. The SMILES string of the molecule is CC(C)S(=O)(=O)c1ccc(N2CCN(CC3CCCN(c4nc(N)n5nc(-c6ccco6)nc5n4)C3)CC2)cc1. The number of rotatable bonds is 7. The molecule has 0 spiro atoms. The van der Waals surface area contributed by atoms with Crippen molar-refractivity contribution < 1.29 is 12.8 Å². The number of hydrogen-bond donors (Lipinski definition) is 1. The van der Waals surface area contributed by atoms with Crippen molar-refractivity contribution >= 4 is 33.2 Å². The third-order valence-electron chi connectivity index (χ3n) is 7.80. The Morgan fingerprint density at radius 1 is 1.00 bits per heavy atom. The predicted molar refractivity (Wildman–Crippen MR) is 153 cm³/mol. The molecule has 12 nitrogen and oxygen atoms in total. The Bertz CT molecular complexity index is 1560. The Kier molecular flexibility index (Phi) is 7.09. The van der Waals surface area contributed by atoms with E-state index in [0.29, 0.717) is 34.1 Å². The monoisotopic (exact) mass is 565 g/mol. The molecule has 2 aliphatic rings. The lowest BCUT2D eigenvalue weighted by Gasteiger charge is -2.40. The number of nitrogens with two attached hydrogens (primary N) is 1. The number of nitrogens with zero attached hydrogens (tertiary/aromatic N) is 8. The number of piperidine rings is 1. The van der Waals surface area contributed by atoms with E-state index in [2.05, 4.69) is 34.8 Å². The van der Waals surface area contributed by atoms with Gasteiger partial charge < -0.3 is 20.0 Å². The van der Waals surface area contributed by atoms with Gasteiger partial charge in [-0.3, -0.25) is 4.90 Å². The molecule has 0 aliphatic carbocycles. The van der Waals surface area contributed by atoms with Crippen LogP contribution in [0.15, 0.2) is 52.0 Å². The summed E-state index contributed by atoms with van der Waals surface area (Å²) in [7, 11) is -3.25. The van der Waals surface area contributed by atoms with Gasteiger partial charge in [0.25, 0.3) is 5.78 Å². The minimum Gasteiger partial charge on any atom is -0.461 e. The van der Waals surface area contributed by atoms with Crippen LogP contribution in [0.2, 0.25) is 0 Å². The van der Waals surface area contributed by atoms with Crippen LogP contribution in [0.5, 0.6) is 0 Å². The van der Waals surface area contributed by atoms with E-state index < -0.39 is 15.1 Å². The highest BCUT2D eigenvalue weighted by Crippen LogP contribution is 2.26. The Morgan fingerprint density at radius 2 is 1.77 bits per heavy atom. The van der Waals surface area contributed by atoms with Crippen molar-refractivity contribution in [1.29, 1.82) is 0 Å². The van der Waals surface area contributed by atoms with Crippen molar-refractivity contribution in [3.8, 4) is 11.6 Å². The van der Waals surface area contributed by atoms with Gasteiger partial charge in [0.15, 0.2) is 15.6 Å². The molecule has 2 saturated heterocycles. The largest absolute Gasteiger partial charge is 0.461 e. The molecule has 2 aliphatic heterocycles. The second-order valence-electron chi connectivity index (χ2n) is 10.8. The van der Waals surface area contributed by atoms with E-state index in [1.165, 1.54) is 4.52 Å². The Balaban J connectivity index is 1.06. The summed E-state index contributed by atoms with van der Waals surface area (Å²) in [6, 6.07) is 10.9. The molecular formula is C27H35N9O3S. The quantitative estimate of drug-likeness (QED) is 0.354. The molecule has 0 radical (unpaired) electrons. The molecule has 3 aromatic heterocycles. The third kappa shape index (κ3) is 5.22. The number of piperazine rings is 1. The molecule has 0 amide bonds. The molecular weight excluding hydrogens is 530 g/mol. The van der Waals surface area contributed by atoms with Gasteiger partial charge in [-0.25, -0.2) is 8.42 Å². The van der Waals surface area contributed by atoms with Gasteiger partial charge in [0.2, 0.25) is 17.7 Å². The van der Waals surface area contributed by atoms with Gasteiger partial charge in [0.05, 0.1) is 16.4 Å². The molecule has 1 aromatic carbocycles. The topological polar surface area (TPSA) is 139 Å². The predicted octanol–water partition coefficient (Wildman–Crippen LogP) is 2.58. The highest BCUT2D eigenvalue weighted by molar-refractivity contribution is 7.92. The molecule has 2 fully saturated rings. The van der Waals surface area contributed by atoms with Crippen LogP contribution in [0.3, 0.4) is 0 Å². The standard InChI is InChI=1S/C27H35N9O3S/c1-19(2)40(37,38)22-9-7-21(8-10-22)34-14-12-33(13-15-34)17-20-5-3-11-35(18-20)26-30-25(28)36-27(31-26)29-24(32-36)23-6-4-16-39-23/h4,6-10,16,19-20H,3,5,11-15,17-18H2,1-2H3,(H2,28,29,30,31,32). The number of anilines is 3. The lowest BCUT2D eigenvalue weighted by Crippen LogP contribution is -2.49. The van der Waals surface area contributed by atoms with Crippen molar-refractivity contribution in [2.75, 3.05) is 61.3 Å². The normalized spacial score (nSPS) is 19.1. The highest BCUT2D eigenvalue weighted by atomic mass is 32.2. The smallest absolute Gasteiger partial charge is 0.259 e. The first-order chi connectivity index (χ1) is 19.3. The molecule has 212 valence electrons. The molecule has 0 bridgehead atoms. The number of aromatic nitrogens is 5. The number of fused-ring (bicyclic) bond motifs is 1. The molecule has 40 heavy (non-hydrogen) atoms. The molecule has 5 heterocycles. The molecule has 0 saturated carbocycles. The zero-order valence-electron chi connectivity index (χ0n) is 22.8. The van der Waals surface area contributed by atoms with Crippen LogP contribution in [-0.2, 0) is 9.84 Å². The van der Waals surface area contributed by atoms with Crippen molar-refractivity contribution in [3.05, 3.63) is 42.7 Å². The maximum Gasteiger partial charge on any atom is 0.259 e. The third-order valence-corrected chi connectivity index (χ3v) is 9.98. The van der Waals surface area contributed by atoms with Crippen molar-refractivity contribution in [2.45, 2.75) is 36.8 Å². The highest BCUT2D eigenvalue weighted by Gasteiger charge is 2.27. The van der Waals surface area contributed by atoms with Gasteiger partial charge in [-0.15, -0.1) is 5.10 Å². The van der Waals surface area contributed by atoms with Crippen molar-refractivity contribution in [2.24, 2.45) is 5.92 Å². The Morgan fingerprint density at radius 3 is 2.48 bits per heavy atom. The molecule has 1 unspecified atom stereocenters. The van der Waals surface area contributed by atoms with Gasteiger partial charge in [-0.05, 0) is 69.0 Å². The van der Waals surface area contributed by atoms with Crippen LogP contribution in [0, 0.1) is 5.92 Å². The summed E-state index contributed by atoms with van der Waals surface area (Å²) in [6.45, 7) is 9.93. The van der Waals surface area contributed by atoms with Crippen molar-refractivity contribution in [3.63, 3.8) is 0 Å². The zero-order valence-corrected chi connectivity index (χ0v) is 23.7. The van der Waals surface area contributed by atoms with Gasteiger partial charge in [0.1, 0.15) is 0 Å².